The molecule has 380 valence electrons. The summed E-state index contributed by atoms with van der Waals surface area (Å²) in [5.41, 5.74) is 4.12. The number of carboxylic acid groups (broad SMARTS) is 1. The van der Waals surface area contributed by atoms with Crippen molar-refractivity contribution in [3.63, 3.8) is 0 Å². The Morgan fingerprint density at radius 1 is 0.757 bits per heavy atom. The molecule has 0 fully saturated rings. The quantitative estimate of drug-likeness (QED) is 0.0115. The number of unbranched alkanes of at least 4 members (excludes halogenated alkanes) is 2. The molecular formula is C51H49N11O11S. The third-order valence-corrected chi connectivity index (χ3v) is 11.7. The fourth-order valence-corrected chi connectivity index (χ4v) is 8.25. The fraction of sp³-hybridized carbons (Fsp3) is 0.235. The minimum Gasteiger partial charge on any atom is -0.508 e. The number of carbonyl (C=O) groups excluding carboxylic acids is 2. The molecule has 0 saturated heterocycles. The highest BCUT2D eigenvalue weighted by molar-refractivity contribution is 7.80. The van der Waals surface area contributed by atoms with Crippen molar-refractivity contribution in [1.82, 2.24) is 40.0 Å². The van der Waals surface area contributed by atoms with E-state index in [9.17, 15) is 29.4 Å². The number of thiocarbonyl (C=S) groups is 1. The van der Waals surface area contributed by atoms with Crippen LogP contribution in [0.4, 0.5) is 22.1 Å². The minimum absolute atomic E-state index is 0.00637. The van der Waals surface area contributed by atoms with E-state index < -0.39 is 12.0 Å². The van der Waals surface area contributed by atoms with Crippen LogP contribution in [0.3, 0.4) is 0 Å². The van der Waals surface area contributed by atoms with Crippen molar-refractivity contribution < 1.29 is 47.9 Å². The van der Waals surface area contributed by atoms with Gasteiger partial charge in [-0.15, -0.1) is 5.10 Å². The first kappa shape index (κ1) is 50.2. The van der Waals surface area contributed by atoms with Gasteiger partial charge in [0.15, 0.2) is 27.6 Å². The van der Waals surface area contributed by atoms with Crippen LogP contribution in [0.5, 0.6) is 5.75 Å². The van der Waals surface area contributed by atoms with Crippen molar-refractivity contribution in [3.8, 4) is 39.8 Å². The fourth-order valence-electron chi connectivity index (χ4n) is 8.03. The summed E-state index contributed by atoms with van der Waals surface area (Å²) in [5, 5.41) is 45.3. The van der Waals surface area contributed by atoms with Gasteiger partial charge in [-0.3, -0.25) is 19.6 Å². The number of nitrogens with zero attached hydrogens (tertiary/aromatic N) is 6. The van der Waals surface area contributed by atoms with Crippen molar-refractivity contribution in [2.24, 2.45) is 7.05 Å². The molecule has 22 nitrogen and oxygen atoms in total. The van der Waals surface area contributed by atoms with E-state index in [2.05, 4.69) is 46.7 Å². The van der Waals surface area contributed by atoms with Gasteiger partial charge >= 0.3 is 12.0 Å². The number of urea groups is 1. The predicted molar refractivity (Wildman–Crippen MR) is 277 cm³/mol. The maximum atomic E-state index is 13.0. The van der Waals surface area contributed by atoms with Crippen molar-refractivity contribution in [1.29, 1.82) is 0 Å². The smallest absolute Gasteiger partial charge is 0.336 e. The first-order chi connectivity index (χ1) is 35.9. The van der Waals surface area contributed by atoms with Gasteiger partial charge in [-0.05, 0) is 110 Å². The van der Waals surface area contributed by atoms with Crippen molar-refractivity contribution >= 4 is 80.2 Å². The number of anilines is 3. The van der Waals surface area contributed by atoms with Gasteiger partial charge in [-0.1, -0.05) is 18.2 Å². The molecule has 2 aliphatic rings. The lowest BCUT2D eigenvalue weighted by Gasteiger charge is -2.18. The maximum absolute atomic E-state index is 13.0. The number of furan rings is 1. The average Bonchev–Trinajstić information content (AvgIpc) is 4.16. The van der Waals surface area contributed by atoms with E-state index in [0.29, 0.717) is 112 Å². The number of ether oxygens (including phenoxy) is 1. The first-order valence-electron chi connectivity index (χ1n) is 23.5. The number of hydrogen-bond acceptors (Lipinski definition) is 15. The minimum atomic E-state index is -1.16. The normalized spacial score (nSPS) is 11.4. The molecule has 0 saturated carbocycles. The van der Waals surface area contributed by atoms with E-state index in [0.717, 1.165) is 24.8 Å². The molecular weight excluding hydrogens is 975 g/mol. The third-order valence-electron chi connectivity index (χ3n) is 11.4. The molecule has 1 aliphatic carbocycles. The highest BCUT2D eigenvalue weighted by Gasteiger charge is 2.23. The number of phenolic OH excluding ortho intramolecular Hbond substituents is 1. The molecule has 4 aromatic heterocycles. The van der Waals surface area contributed by atoms with Crippen LogP contribution in [0.2, 0.25) is 0 Å². The van der Waals surface area contributed by atoms with Crippen LogP contribution in [0, 0.1) is 0 Å². The number of rotatable bonds is 22. The Balaban J connectivity index is 0.607. The number of hydrogen-bond donors (Lipinski definition) is 7. The lowest BCUT2D eigenvalue weighted by atomic mass is 9.90. The van der Waals surface area contributed by atoms with E-state index in [1.165, 1.54) is 41.1 Å². The van der Waals surface area contributed by atoms with E-state index in [-0.39, 0.29) is 47.4 Å². The first-order valence-corrected chi connectivity index (χ1v) is 23.9. The molecule has 0 bridgehead atoms. The van der Waals surface area contributed by atoms with E-state index >= 15 is 0 Å². The van der Waals surface area contributed by atoms with Gasteiger partial charge in [-0.2, -0.15) is 14.6 Å². The van der Waals surface area contributed by atoms with Crippen LogP contribution >= 0.6 is 12.2 Å². The molecule has 1 aliphatic heterocycles. The van der Waals surface area contributed by atoms with Crippen LogP contribution in [0.1, 0.15) is 41.6 Å². The lowest BCUT2D eigenvalue weighted by molar-refractivity contribution is -0.299. The van der Waals surface area contributed by atoms with Crippen molar-refractivity contribution in [2.45, 2.75) is 32.1 Å². The summed E-state index contributed by atoms with van der Waals surface area (Å²) < 4.78 is 20.0. The largest absolute Gasteiger partial charge is 0.508 e. The van der Waals surface area contributed by atoms with Crippen LogP contribution in [-0.2, 0) is 32.8 Å². The summed E-state index contributed by atoms with van der Waals surface area (Å²) in [6.45, 7) is 2.43. The lowest BCUT2D eigenvalue weighted by Crippen LogP contribution is -2.29. The van der Waals surface area contributed by atoms with Gasteiger partial charge in [0.25, 0.3) is 0 Å². The number of nitrogens with one attached hydrogen (secondary N) is 5. The molecule has 7 N–H and O–H groups in total. The molecule has 0 spiro atoms. The van der Waals surface area contributed by atoms with E-state index in [4.69, 9.17) is 35.6 Å². The van der Waals surface area contributed by atoms with Gasteiger partial charge in [0, 0.05) is 73.0 Å². The number of phenols is 1. The third kappa shape index (κ3) is 12.3. The zero-order valence-electron chi connectivity index (χ0n) is 39.8. The second-order valence-electron chi connectivity index (χ2n) is 16.9. The average molecular weight is 1020 g/mol. The number of aromatic nitrogens is 6. The highest BCUT2D eigenvalue weighted by atomic mass is 32.1. The summed E-state index contributed by atoms with van der Waals surface area (Å²) >= 11 is 5.47. The van der Waals surface area contributed by atoms with Crippen LogP contribution in [-0.4, -0.2) is 102 Å². The van der Waals surface area contributed by atoms with Gasteiger partial charge < -0.3 is 45.1 Å². The molecule has 23 heteroatoms. The van der Waals surface area contributed by atoms with E-state index in [1.807, 2.05) is 0 Å². The van der Waals surface area contributed by atoms with Gasteiger partial charge in [0.05, 0.1) is 36.8 Å². The maximum Gasteiger partial charge on any atom is 0.336 e. The Hall–Kier alpha value is -8.77. The monoisotopic (exact) mass is 1020 g/mol. The number of benzene rings is 4. The Kier molecular flexibility index (Phi) is 15.7. The van der Waals surface area contributed by atoms with Crippen LogP contribution < -0.4 is 32.0 Å². The van der Waals surface area contributed by atoms with E-state index in [1.54, 1.807) is 78.6 Å². The number of aromatic carboxylic acids is 1. The topological polar surface area (TPSA) is 284 Å². The summed E-state index contributed by atoms with van der Waals surface area (Å²) in [5.74, 6) is -0.178. The number of amides is 3. The van der Waals surface area contributed by atoms with Crippen molar-refractivity contribution in [2.75, 3.05) is 55.5 Å². The molecule has 5 heterocycles. The number of carbonyl (C=O) groups is 3. The van der Waals surface area contributed by atoms with Gasteiger partial charge in [0.2, 0.25) is 17.7 Å². The second kappa shape index (κ2) is 23.2. The molecule has 0 radical (unpaired) electrons. The molecule has 0 atom stereocenters. The molecule has 3 aromatic carbocycles. The van der Waals surface area contributed by atoms with Gasteiger partial charge in [-0.25, -0.2) is 24.3 Å². The number of aryl methyl sites for hydroxylation is 1. The van der Waals surface area contributed by atoms with Crippen LogP contribution in [0.15, 0.2) is 117 Å². The summed E-state index contributed by atoms with van der Waals surface area (Å²) in [6.07, 6.45) is 6.45. The summed E-state index contributed by atoms with van der Waals surface area (Å²) in [4.78, 5) is 69.9. The second-order valence-corrected chi connectivity index (χ2v) is 17.3. The molecule has 74 heavy (non-hydrogen) atoms. The zero-order valence-corrected chi connectivity index (χ0v) is 40.6. The standard InChI is InChI=1S/C51H49N11O11S/c1-61-29-39-45(59-61)57-49(62-47(39)56-46(60-62)40-7-5-21-70-40)58-50(68)54-31-10-8-30(9-11-31)25-43(65)52-19-6-20-69-23-24-72-71-22-4-2-3-18-53-51(74)55-32-12-15-35(38(26-32)48(66)67)44-36-16-13-33(63)27-41(36)73-42-28-34(64)14-17-37(42)44/h5,7-17,21,26-29,63H,2-4,6,18-20,22-25H2,1H3,(H,52,65)(H,66,67)(H2,53,55,74)(H2,54,57,58,59,68). The predicted octanol–water partition coefficient (Wildman–Crippen LogP) is 7.37. The molecule has 0 unspecified atom stereocenters. The molecule has 7 aromatic rings. The Labute approximate surface area is 425 Å². The Morgan fingerprint density at radius 2 is 1.57 bits per heavy atom. The summed E-state index contributed by atoms with van der Waals surface area (Å²) in [6, 6.07) is 23.6. The molecule has 3 amide bonds. The zero-order chi connectivity index (χ0) is 51.6. The van der Waals surface area contributed by atoms with Crippen LogP contribution in [0.25, 0.3) is 61.7 Å². The Bertz CT molecular complexity index is 3500. The molecule has 9 rings (SSSR count). The Morgan fingerprint density at radius 3 is 2.39 bits per heavy atom. The number of fused-ring (bicyclic) bond motifs is 5. The number of carboxylic acids is 1. The highest BCUT2D eigenvalue weighted by Crippen LogP contribution is 2.42. The number of aromatic hydroxyl groups is 1. The van der Waals surface area contributed by atoms with Gasteiger partial charge in [0.1, 0.15) is 23.7 Å². The SMILES string of the molecule is Cn1cc2c(nc(NC(=O)Nc3ccc(CC(=O)NCCCOCCOOCCCCCNC(=S)Nc4ccc(-c5c6ccc(=O)cc-6oc6cc(O)ccc56)c(C(=O)O)c4)cc3)n3nc(-c4ccco4)nc23)n1. The summed E-state index contributed by atoms with van der Waals surface area (Å²) in [7, 11) is 1.76. The van der Waals surface area contributed by atoms with Crippen molar-refractivity contribution in [3.05, 3.63) is 125 Å².